The molecular formula is C19H27N5O. The predicted molar refractivity (Wildman–Crippen MR) is 104 cm³/mol. The summed E-state index contributed by atoms with van der Waals surface area (Å²) in [6.07, 6.45) is 3.39. The summed E-state index contributed by atoms with van der Waals surface area (Å²) in [5.74, 6) is 0.268. The first-order valence-corrected chi connectivity index (χ1v) is 8.68. The monoisotopic (exact) mass is 341 g/mol. The molecule has 1 heterocycles. The van der Waals surface area contributed by atoms with E-state index in [1.165, 1.54) is 0 Å². The number of amides is 1. The summed E-state index contributed by atoms with van der Waals surface area (Å²) in [6.45, 7) is 4.84. The fraction of sp³-hybridized carbons (Fsp3) is 0.421. The van der Waals surface area contributed by atoms with Crippen LogP contribution >= 0.6 is 0 Å². The second kappa shape index (κ2) is 9.01. The summed E-state index contributed by atoms with van der Waals surface area (Å²) in [5, 5.41) is 6.07. The van der Waals surface area contributed by atoms with Crippen LogP contribution in [-0.2, 0) is 0 Å². The molecule has 2 rings (SSSR count). The van der Waals surface area contributed by atoms with Gasteiger partial charge in [-0.1, -0.05) is 19.8 Å². The van der Waals surface area contributed by atoms with Crippen LogP contribution in [0.2, 0.25) is 0 Å². The number of anilines is 3. The molecule has 0 atom stereocenters. The molecule has 0 saturated heterocycles. The molecule has 2 aromatic rings. The number of aryl methyl sites for hydroxylation is 1. The van der Waals surface area contributed by atoms with Gasteiger partial charge in [-0.3, -0.25) is 4.79 Å². The van der Waals surface area contributed by atoms with Crippen molar-refractivity contribution in [1.29, 1.82) is 0 Å². The zero-order valence-electron chi connectivity index (χ0n) is 15.5. The van der Waals surface area contributed by atoms with Crippen molar-refractivity contribution in [1.82, 2.24) is 9.97 Å². The van der Waals surface area contributed by atoms with E-state index in [4.69, 9.17) is 0 Å². The van der Waals surface area contributed by atoms with Crippen LogP contribution < -0.4 is 15.5 Å². The summed E-state index contributed by atoms with van der Waals surface area (Å²) in [7, 11) is 3.96. The van der Waals surface area contributed by atoms with Crippen LogP contribution in [-0.4, -0.2) is 36.5 Å². The summed E-state index contributed by atoms with van der Waals surface area (Å²) in [5.41, 5.74) is 2.95. The average molecular weight is 341 g/mol. The number of nitrogens with zero attached hydrogens (tertiary/aromatic N) is 3. The van der Waals surface area contributed by atoms with Gasteiger partial charge in [-0.05, 0) is 43.7 Å². The Hall–Kier alpha value is -2.63. The summed E-state index contributed by atoms with van der Waals surface area (Å²) in [6, 6.07) is 9.38. The first-order valence-electron chi connectivity index (χ1n) is 8.68. The zero-order valence-corrected chi connectivity index (χ0v) is 15.5. The van der Waals surface area contributed by atoms with Gasteiger partial charge in [0.25, 0.3) is 5.91 Å². The summed E-state index contributed by atoms with van der Waals surface area (Å²) >= 11 is 0. The molecule has 0 aliphatic rings. The second-order valence-corrected chi connectivity index (χ2v) is 6.25. The van der Waals surface area contributed by atoms with Crippen molar-refractivity contribution in [2.75, 3.05) is 36.2 Å². The molecule has 25 heavy (non-hydrogen) atoms. The molecule has 1 aromatic heterocycles. The molecule has 1 aromatic carbocycles. The molecule has 0 saturated carbocycles. The highest BCUT2D eigenvalue weighted by Crippen LogP contribution is 2.16. The van der Waals surface area contributed by atoms with Crippen LogP contribution in [0.25, 0.3) is 0 Å². The maximum atomic E-state index is 12.5. The van der Waals surface area contributed by atoms with Crippen molar-refractivity contribution in [2.45, 2.75) is 33.1 Å². The molecule has 0 fully saturated rings. The molecule has 0 aliphatic heterocycles. The van der Waals surface area contributed by atoms with Gasteiger partial charge in [0.05, 0.1) is 0 Å². The average Bonchev–Trinajstić information content (AvgIpc) is 2.58. The van der Waals surface area contributed by atoms with E-state index in [0.29, 0.717) is 11.6 Å². The Balaban J connectivity index is 2.04. The SMILES string of the molecule is CCCCCNc1nc(C)cc(C(=O)Nc2ccc(N(C)C)cc2)n1. The number of nitrogens with one attached hydrogen (secondary N) is 2. The van der Waals surface area contributed by atoms with E-state index < -0.39 is 0 Å². The molecule has 0 unspecified atom stereocenters. The van der Waals surface area contributed by atoms with Gasteiger partial charge < -0.3 is 15.5 Å². The Labute approximate surface area is 149 Å². The number of unbranched alkanes of at least 4 members (excludes halogenated alkanes) is 2. The third-order valence-corrected chi connectivity index (χ3v) is 3.79. The van der Waals surface area contributed by atoms with Crippen molar-refractivity contribution in [2.24, 2.45) is 0 Å². The minimum atomic E-state index is -0.236. The van der Waals surface area contributed by atoms with E-state index in [1.807, 2.05) is 50.2 Å². The number of aromatic nitrogens is 2. The van der Waals surface area contributed by atoms with E-state index in [-0.39, 0.29) is 5.91 Å². The fourth-order valence-electron chi connectivity index (χ4n) is 2.38. The normalized spacial score (nSPS) is 10.4. The highest BCUT2D eigenvalue weighted by atomic mass is 16.1. The first kappa shape index (κ1) is 18.7. The van der Waals surface area contributed by atoms with Gasteiger partial charge in [-0.25, -0.2) is 9.97 Å². The second-order valence-electron chi connectivity index (χ2n) is 6.25. The lowest BCUT2D eigenvalue weighted by Gasteiger charge is -2.13. The predicted octanol–water partition coefficient (Wildman–Crippen LogP) is 3.71. The van der Waals surface area contributed by atoms with Gasteiger partial charge in [0.2, 0.25) is 5.95 Å². The van der Waals surface area contributed by atoms with Gasteiger partial charge in [0.15, 0.2) is 0 Å². The molecule has 6 nitrogen and oxygen atoms in total. The van der Waals surface area contributed by atoms with Gasteiger partial charge >= 0.3 is 0 Å². The number of hydrogen-bond donors (Lipinski definition) is 2. The number of carbonyl (C=O) groups excluding carboxylic acids is 1. The minimum Gasteiger partial charge on any atom is -0.378 e. The van der Waals surface area contributed by atoms with E-state index in [2.05, 4.69) is 27.5 Å². The van der Waals surface area contributed by atoms with Gasteiger partial charge in [-0.15, -0.1) is 0 Å². The van der Waals surface area contributed by atoms with Gasteiger partial charge in [-0.2, -0.15) is 0 Å². The van der Waals surface area contributed by atoms with Crippen LogP contribution in [0.1, 0.15) is 42.4 Å². The topological polar surface area (TPSA) is 70.2 Å². The van der Waals surface area contributed by atoms with Crippen molar-refractivity contribution in [3.8, 4) is 0 Å². The van der Waals surface area contributed by atoms with Crippen LogP contribution in [0, 0.1) is 6.92 Å². The quantitative estimate of drug-likeness (QED) is 0.716. The van der Waals surface area contributed by atoms with Gasteiger partial charge in [0, 0.05) is 37.7 Å². The molecule has 0 spiro atoms. The number of hydrogen-bond acceptors (Lipinski definition) is 5. The van der Waals surface area contributed by atoms with E-state index in [9.17, 15) is 4.79 Å². The lowest BCUT2D eigenvalue weighted by molar-refractivity contribution is 0.102. The fourth-order valence-corrected chi connectivity index (χ4v) is 2.38. The Kier molecular flexibility index (Phi) is 6.74. The number of rotatable bonds is 8. The third kappa shape index (κ3) is 5.74. The summed E-state index contributed by atoms with van der Waals surface area (Å²) in [4.78, 5) is 23.2. The van der Waals surface area contributed by atoms with Crippen molar-refractivity contribution < 1.29 is 4.79 Å². The largest absolute Gasteiger partial charge is 0.378 e. The first-order chi connectivity index (χ1) is 12.0. The van der Waals surface area contributed by atoms with Crippen molar-refractivity contribution >= 4 is 23.2 Å². The third-order valence-electron chi connectivity index (χ3n) is 3.79. The smallest absolute Gasteiger partial charge is 0.274 e. The Bertz CT molecular complexity index is 697. The van der Waals surface area contributed by atoms with E-state index in [0.717, 1.165) is 42.9 Å². The number of benzene rings is 1. The van der Waals surface area contributed by atoms with Crippen molar-refractivity contribution in [3.63, 3.8) is 0 Å². The molecule has 1 amide bonds. The summed E-state index contributed by atoms with van der Waals surface area (Å²) < 4.78 is 0. The van der Waals surface area contributed by atoms with E-state index in [1.54, 1.807) is 6.07 Å². The Morgan fingerprint density at radius 3 is 2.48 bits per heavy atom. The Morgan fingerprint density at radius 2 is 1.84 bits per heavy atom. The highest BCUT2D eigenvalue weighted by molar-refractivity contribution is 6.03. The molecule has 0 aliphatic carbocycles. The molecule has 0 bridgehead atoms. The molecule has 0 radical (unpaired) electrons. The maximum absolute atomic E-state index is 12.5. The zero-order chi connectivity index (χ0) is 18.2. The highest BCUT2D eigenvalue weighted by Gasteiger charge is 2.11. The lowest BCUT2D eigenvalue weighted by atomic mass is 10.2. The number of carbonyl (C=O) groups is 1. The van der Waals surface area contributed by atoms with Crippen LogP contribution in [0.15, 0.2) is 30.3 Å². The van der Waals surface area contributed by atoms with Crippen molar-refractivity contribution in [3.05, 3.63) is 41.7 Å². The maximum Gasteiger partial charge on any atom is 0.274 e. The van der Waals surface area contributed by atoms with Gasteiger partial charge in [0.1, 0.15) is 5.69 Å². The van der Waals surface area contributed by atoms with E-state index >= 15 is 0 Å². The van der Waals surface area contributed by atoms with Crippen LogP contribution in [0.3, 0.4) is 0 Å². The van der Waals surface area contributed by atoms with Crippen LogP contribution in [0.5, 0.6) is 0 Å². The molecule has 2 N–H and O–H groups in total. The lowest BCUT2D eigenvalue weighted by Crippen LogP contribution is -2.16. The standard InChI is InChI=1S/C19H27N5O/c1-5-6-7-12-20-19-21-14(2)13-17(23-19)18(25)22-15-8-10-16(11-9-15)24(3)4/h8-11,13H,5-7,12H2,1-4H3,(H,22,25)(H,20,21,23). The molecular weight excluding hydrogens is 314 g/mol. The van der Waals surface area contributed by atoms with Crippen LogP contribution in [0.4, 0.5) is 17.3 Å². The molecule has 6 heteroatoms. The Morgan fingerprint density at radius 1 is 1.12 bits per heavy atom. The molecule has 134 valence electrons. The minimum absolute atomic E-state index is 0.236.